The zero-order chi connectivity index (χ0) is 26.9. The minimum atomic E-state index is 0.0448. The molecule has 0 saturated carbocycles. The number of aryl methyl sites for hydroxylation is 1. The van der Waals surface area contributed by atoms with E-state index in [4.69, 9.17) is 9.97 Å². The van der Waals surface area contributed by atoms with Gasteiger partial charge in [0.05, 0.1) is 0 Å². The van der Waals surface area contributed by atoms with E-state index >= 15 is 0 Å². The van der Waals surface area contributed by atoms with Crippen molar-refractivity contribution in [2.24, 2.45) is 0 Å². The number of unbranched alkanes of at least 4 members (excludes halogenated alkanes) is 1. The highest BCUT2D eigenvalue weighted by Gasteiger charge is 2.20. The lowest BCUT2D eigenvalue weighted by molar-refractivity contribution is -0.118. The number of carbonyl (C=O) groups is 2. The third-order valence-electron chi connectivity index (χ3n) is 7.20. The predicted molar refractivity (Wildman–Crippen MR) is 154 cm³/mol. The van der Waals surface area contributed by atoms with Crippen LogP contribution in [0.15, 0.2) is 36.4 Å². The number of nitrogens with one attached hydrogen (secondary N) is 1. The molecule has 8 nitrogen and oxygen atoms in total. The topological polar surface area (TPSA) is 83.4 Å². The first-order valence-electron chi connectivity index (χ1n) is 14.3. The molecule has 0 unspecified atom stereocenters. The minimum absolute atomic E-state index is 0.0448. The average molecular weight is 519 g/mol. The maximum atomic E-state index is 13.0. The summed E-state index contributed by atoms with van der Waals surface area (Å²) in [7, 11) is 0. The lowest BCUT2D eigenvalue weighted by Gasteiger charge is -2.26. The van der Waals surface area contributed by atoms with Gasteiger partial charge in [-0.15, -0.1) is 0 Å². The summed E-state index contributed by atoms with van der Waals surface area (Å²) in [6, 6.07) is 11.4. The number of carbonyl (C=O) groups excluding carboxylic acids is 2. The molecule has 0 radical (unpaired) electrons. The lowest BCUT2D eigenvalue weighted by atomic mass is 10.1. The van der Waals surface area contributed by atoms with Crippen LogP contribution in [0.4, 0.5) is 17.5 Å². The molecular weight excluding hydrogens is 476 g/mol. The molecule has 1 fully saturated rings. The van der Waals surface area contributed by atoms with Gasteiger partial charge in [0.15, 0.2) is 11.4 Å². The molecule has 204 valence electrons. The Labute approximate surface area is 226 Å². The van der Waals surface area contributed by atoms with E-state index in [-0.39, 0.29) is 11.7 Å². The van der Waals surface area contributed by atoms with E-state index in [1.807, 2.05) is 41.3 Å². The third kappa shape index (κ3) is 6.98. The van der Waals surface area contributed by atoms with Crippen LogP contribution in [0.2, 0.25) is 0 Å². The van der Waals surface area contributed by atoms with E-state index in [1.165, 1.54) is 32.4 Å². The zero-order valence-corrected chi connectivity index (χ0v) is 23.2. The van der Waals surface area contributed by atoms with Crippen molar-refractivity contribution in [3.8, 4) is 0 Å². The molecule has 0 aliphatic carbocycles. The van der Waals surface area contributed by atoms with Crippen molar-refractivity contribution in [3.63, 3.8) is 0 Å². The van der Waals surface area contributed by atoms with Crippen LogP contribution >= 0.6 is 0 Å². The van der Waals surface area contributed by atoms with Gasteiger partial charge in [0.25, 0.3) is 0 Å². The van der Waals surface area contributed by atoms with Crippen LogP contribution in [0.25, 0.3) is 11.2 Å². The van der Waals surface area contributed by atoms with Gasteiger partial charge >= 0.3 is 0 Å². The Bertz CT molecular complexity index is 1210. The maximum Gasteiger partial charge on any atom is 0.228 e. The molecule has 0 spiro atoms. The summed E-state index contributed by atoms with van der Waals surface area (Å²) < 4.78 is 2.14. The summed E-state index contributed by atoms with van der Waals surface area (Å²) in [5.74, 6) is 1.58. The van der Waals surface area contributed by atoms with Gasteiger partial charge in [-0.1, -0.05) is 26.7 Å². The second-order valence-electron chi connectivity index (χ2n) is 10.3. The van der Waals surface area contributed by atoms with Crippen molar-refractivity contribution in [1.82, 2.24) is 19.4 Å². The van der Waals surface area contributed by atoms with Crippen LogP contribution in [0.3, 0.4) is 0 Å². The van der Waals surface area contributed by atoms with Gasteiger partial charge in [-0.3, -0.25) is 19.1 Å². The van der Waals surface area contributed by atoms with Crippen molar-refractivity contribution < 1.29 is 9.59 Å². The molecule has 3 aromatic rings. The molecule has 3 heterocycles. The molecule has 0 atom stereocenters. The number of piperidine rings is 1. The van der Waals surface area contributed by atoms with E-state index in [9.17, 15) is 9.59 Å². The number of ketones is 1. The second kappa shape index (κ2) is 13.5. The number of nitrogens with zero attached hydrogens (tertiary/aromatic N) is 5. The van der Waals surface area contributed by atoms with Crippen molar-refractivity contribution in [3.05, 3.63) is 42.0 Å². The number of fused-ring (bicyclic) bond motifs is 1. The number of likely N-dealkylation sites (tertiary alicyclic amines) is 1. The second-order valence-corrected chi connectivity index (χ2v) is 10.3. The molecule has 1 saturated heterocycles. The standard InChI is InChI=1S/C30H42N6O2/c1-4-6-11-28(38)35(18-5-2)27-17-16-26-29(33-27)36(22-10-21-34-19-8-7-9-20-34)30(32-26)31-25-14-12-24(13-15-25)23(3)37/h12-17H,4-11,18-22H2,1-3H3,(H,31,32). The fourth-order valence-corrected chi connectivity index (χ4v) is 5.06. The molecule has 1 N–H and O–H groups in total. The quantitative estimate of drug-likeness (QED) is 0.272. The van der Waals surface area contributed by atoms with E-state index in [0.717, 1.165) is 61.6 Å². The number of hydrogen-bond acceptors (Lipinski definition) is 6. The predicted octanol–water partition coefficient (Wildman–Crippen LogP) is 6.19. The molecule has 1 aliphatic heterocycles. The summed E-state index contributed by atoms with van der Waals surface area (Å²) in [5, 5.41) is 3.45. The maximum absolute atomic E-state index is 13.0. The Hall–Kier alpha value is -3.26. The van der Waals surface area contributed by atoms with Gasteiger partial charge in [0.1, 0.15) is 11.3 Å². The molecule has 1 amide bonds. The Balaban J connectivity index is 1.64. The van der Waals surface area contributed by atoms with Crippen molar-refractivity contribution in [2.75, 3.05) is 36.4 Å². The van der Waals surface area contributed by atoms with Crippen LogP contribution in [0, 0.1) is 0 Å². The fourth-order valence-electron chi connectivity index (χ4n) is 5.06. The SMILES string of the molecule is CCCCC(=O)N(CCC)c1ccc2nc(Nc3ccc(C(C)=O)cc3)n(CCCN3CCCCC3)c2n1. The third-order valence-corrected chi connectivity index (χ3v) is 7.20. The number of hydrogen-bond donors (Lipinski definition) is 1. The number of benzene rings is 1. The van der Waals surface area contributed by atoms with Crippen molar-refractivity contribution >= 4 is 40.3 Å². The van der Waals surface area contributed by atoms with Gasteiger partial charge in [-0.05, 0) is 95.1 Å². The van der Waals surface area contributed by atoms with Gasteiger partial charge in [0.2, 0.25) is 11.9 Å². The van der Waals surface area contributed by atoms with E-state index in [2.05, 4.69) is 28.6 Å². The van der Waals surface area contributed by atoms with E-state index in [0.29, 0.717) is 24.3 Å². The largest absolute Gasteiger partial charge is 0.326 e. The average Bonchev–Trinajstić information content (AvgIpc) is 3.27. The van der Waals surface area contributed by atoms with Gasteiger partial charge in [-0.2, -0.15) is 0 Å². The van der Waals surface area contributed by atoms with Gasteiger partial charge in [-0.25, -0.2) is 9.97 Å². The highest BCUT2D eigenvalue weighted by Crippen LogP contribution is 2.26. The Kier molecular flexibility index (Phi) is 9.87. The first-order valence-corrected chi connectivity index (χ1v) is 14.3. The molecule has 8 heteroatoms. The lowest BCUT2D eigenvalue weighted by Crippen LogP contribution is -2.32. The van der Waals surface area contributed by atoms with Crippen molar-refractivity contribution in [1.29, 1.82) is 0 Å². The number of rotatable bonds is 13. The highest BCUT2D eigenvalue weighted by atomic mass is 16.2. The Morgan fingerprint density at radius 3 is 2.37 bits per heavy atom. The van der Waals surface area contributed by atoms with Crippen molar-refractivity contribution in [2.45, 2.75) is 78.7 Å². The summed E-state index contributed by atoms with van der Waals surface area (Å²) in [5.41, 5.74) is 3.13. The molecule has 2 aromatic heterocycles. The first-order chi connectivity index (χ1) is 18.5. The molecule has 0 bridgehead atoms. The molecule has 1 aromatic carbocycles. The number of Topliss-reactive ketones (excluding diaryl/α,β-unsaturated/α-hetero) is 1. The smallest absolute Gasteiger partial charge is 0.228 e. The molecule has 38 heavy (non-hydrogen) atoms. The van der Waals surface area contributed by atoms with Gasteiger partial charge in [0, 0.05) is 30.8 Å². The zero-order valence-electron chi connectivity index (χ0n) is 23.2. The van der Waals surface area contributed by atoms with Crippen LogP contribution in [-0.2, 0) is 11.3 Å². The molecular formula is C30H42N6O2. The first kappa shape index (κ1) is 27.8. The minimum Gasteiger partial charge on any atom is -0.326 e. The van der Waals surface area contributed by atoms with E-state index in [1.54, 1.807) is 6.92 Å². The molecule has 4 rings (SSSR count). The summed E-state index contributed by atoms with van der Waals surface area (Å²) >= 11 is 0. The molecule has 1 aliphatic rings. The highest BCUT2D eigenvalue weighted by molar-refractivity contribution is 5.94. The van der Waals surface area contributed by atoms with Crippen LogP contribution < -0.4 is 10.2 Å². The van der Waals surface area contributed by atoms with Crippen LogP contribution in [0.1, 0.15) is 82.5 Å². The Morgan fingerprint density at radius 1 is 0.921 bits per heavy atom. The number of aromatic nitrogens is 3. The summed E-state index contributed by atoms with van der Waals surface area (Å²) in [6.45, 7) is 10.6. The normalized spacial score (nSPS) is 14.1. The summed E-state index contributed by atoms with van der Waals surface area (Å²) in [6.07, 6.45) is 8.16. The number of pyridine rings is 1. The number of amides is 1. The Morgan fingerprint density at radius 2 is 1.68 bits per heavy atom. The fraction of sp³-hybridized carbons (Fsp3) is 0.533. The van der Waals surface area contributed by atoms with E-state index < -0.39 is 0 Å². The monoisotopic (exact) mass is 518 g/mol. The summed E-state index contributed by atoms with van der Waals surface area (Å²) in [4.78, 5) is 38.9. The number of imidazole rings is 1. The van der Waals surface area contributed by atoms with Crippen LogP contribution in [0.5, 0.6) is 0 Å². The number of anilines is 3. The van der Waals surface area contributed by atoms with Gasteiger partial charge < -0.3 is 10.2 Å². The van der Waals surface area contributed by atoms with Crippen LogP contribution in [-0.4, -0.2) is 57.3 Å².